The molecule has 0 aliphatic carbocycles. The molecule has 1 aliphatic rings. The third-order valence-electron chi connectivity index (χ3n) is 5.52. The van der Waals surface area contributed by atoms with E-state index in [0.717, 1.165) is 37.8 Å². The standard InChI is InChI=1S/C23H37N3O3S/c1-7-8-15-26(19-16-22(2,3)25-23(4,5)17-19)21(27)14-11-18-9-12-20(13-10-18)30(28,29)24-6/h9-14,19,24-25H,7-8,15-17H2,1-6H3/b14-11+. The van der Waals surface area contributed by atoms with Crippen molar-refractivity contribution in [1.82, 2.24) is 14.9 Å². The average Bonchev–Trinajstić information content (AvgIpc) is 2.64. The highest BCUT2D eigenvalue weighted by Crippen LogP contribution is 2.32. The largest absolute Gasteiger partial charge is 0.336 e. The van der Waals surface area contributed by atoms with Crippen molar-refractivity contribution in [3.05, 3.63) is 35.9 Å². The van der Waals surface area contributed by atoms with Gasteiger partial charge in [-0.3, -0.25) is 4.79 Å². The predicted molar refractivity (Wildman–Crippen MR) is 123 cm³/mol. The van der Waals surface area contributed by atoms with Crippen LogP contribution in [-0.2, 0) is 14.8 Å². The van der Waals surface area contributed by atoms with E-state index in [9.17, 15) is 13.2 Å². The molecule has 168 valence electrons. The molecule has 1 aliphatic heterocycles. The molecule has 0 aromatic heterocycles. The number of rotatable bonds is 8. The molecule has 1 fully saturated rings. The molecule has 1 aromatic rings. The van der Waals surface area contributed by atoms with Gasteiger partial charge in [0.2, 0.25) is 15.9 Å². The van der Waals surface area contributed by atoms with E-state index in [4.69, 9.17) is 0 Å². The number of benzene rings is 1. The van der Waals surface area contributed by atoms with Crippen LogP contribution in [0.3, 0.4) is 0 Å². The normalized spacial score (nSPS) is 19.1. The van der Waals surface area contributed by atoms with Crippen LogP contribution in [0, 0.1) is 0 Å². The number of piperidine rings is 1. The van der Waals surface area contributed by atoms with E-state index in [1.54, 1.807) is 36.4 Å². The third-order valence-corrected chi connectivity index (χ3v) is 6.95. The summed E-state index contributed by atoms with van der Waals surface area (Å²) in [6.07, 6.45) is 7.20. The van der Waals surface area contributed by atoms with Gasteiger partial charge in [-0.15, -0.1) is 0 Å². The van der Waals surface area contributed by atoms with Crippen LogP contribution in [0.5, 0.6) is 0 Å². The summed E-state index contributed by atoms with van der Waals surface area (Å²) in [4.78, 5) is 15.4. The van der Waals surface area contributed by atoms with Gasteiger partial charge in [0.05, 0.1) is 4.90 Å². The van der Waals surface area contributed by atoms with Gasteiger partial charge in [-0.05, 0) is 77.8 Å². The van der Waals surface area contributed by atoms with Crippen LogP contribution in [0.25, 0.3) is 6.08 Å². The van der Waals surface area contributed by atoms with E-state index in [0.29, 0.717) is 0 Å². The summed E-state index contributed by atoms with van der Waals surface area (Å²) in [5.41, 5.74) is 0.727. The highest BCUT2D eigenvalue weighted by Gasteiger charge is 2.40. The molecule has 0 unspecified atom stereocenters. The van der Waals surface area contributed by atoms with Gasteiger partial charge < -0.3 is 10.2 Å². The molecular weight excluding hydrogens is 398 g/mol. The van der Waals surface area contributed by atoms with Crippen molar-refractivity contribution in [2.75, 3.05) is 13.6 Å². The van der Waals surface area contributed by atoms with E-state index >= 15 is 0 Å². The number of hydrogen-bond donors (Lipinski definition) is 2. The lowest BCUT2D eigenvalue weighted by Crippen LogP contribution is -2.62. The molecule has 1 saturated heterocycles. The number of hydrogen-bond acceptors (Lipinski definition) is 4. The first-order valence-corrected chi connectivity index (χ1v) is 12.2. The number of carbonyl (C=O) groups excluding carboxylic acids is 1. The van der Waals surface area contributed by atoms with Crippen molar-refractivity contribution in [2.24, 2.45) is 0 Å². The molecule has 7 heteroatoms. The number of unbranched alkanes of at least 4 members (excludes halogenated alkanes) is 1. The zero-order valence-corrected chi connectivity index (χ0v) is 20.0. The van der Waals surface area contributed by atoms with E-state index in [2.05, 4.69) is 44.7 Å². The maximum Gasteiger partial charge on any atom is 0.246 e. The van der Waals surface area contributed by atoms with Crippen molar-refractivity contribution in [1.29, 1.82) is 0 Å². The van der Waals surface area contributed by atoms with Gasteiger partial charge in [0.1, 0.15) is 0 Å². The van der Waals surface area contributed by atoms with Crippen molar-refractivity contribution < 1.29 is 13.2 Å². The van der Waals surface area contributed by atoms with E-state index in [1.807, 2.05) is 4.90 Å². The minimum absolute atomic E-state index is 0.00822. The Labute approximate surface area is 182 Å². The third kappa shape index (κ3) is 6.65. The molecule has 0 spiro atoms. The maximum absolute atomic E-state index is 13.1. The first kappa shape index (κ1) is 24.6. The fraction of sp³-hybridized carbons (Fsp3) is 0.609. The summed E-state index contributed by atoms with van der Waals surface area (Å²) >= 11 is 0. The second kappa shape index (κ2) is 9.62. The molecule has 2 rings (SSSR count). The molecule has 0 atom stereocenters. The molecule has 30 heavy (non-hydrogen) atoms. The van der Waals surface area contributed by atoms with Gasteiger partial charge in [-0.2, -0.15) is 0 Å². The fourth-order valence-electron chi connectivity index (χ4n) is 4.43. The lowest BCUT2D eigenvalue weighted by molar-refractivity contribution is -0.130. The Hall–Kier alpha value is -1.70. The van der Waals surface area contributed by atoms with Crippen LogP contribution in [0.1, 0.15) is 65.9 Å². The Morgan fingerprint density at radius 3 is 2.23 bits per heavy atom. The topological polar surface area (TPSA) is 78.5 Å². The summed E-state index contributed by atoms with van der Waals surface area (Å²) in [5.74, 6) is 0.00822. The van der Waals surface area contributed by atoms with Crippen LogP contribution >= 0.6 is 0 Å². The quantitative estimate of drug-likeness (QED) is 0.612. The molecule has 1 aromatic carbocycles. The van der Waals surface area contributed by atoms with E-state index in [-0.39, 0.29) is 27.9 Å². The molecule has 0 bridgehead atoms. The minimum Gasteiger partial charge on any atom is -0.336 e. The van der Waals surface area contributed by atoms with Crippen LogP contribution < -0.4 is 10.0 Å². The first-order chi connectivity index (χ1) is 13.9. The average molecular weight is 436 g/mol. The summed E-state index contributed by atoms with van der Waals surface area (Å²) in [6, 6.07) is 6.69. The Morgan fingerprint density at radius 2 is 1.73 bits per heavy atom. The molecular formula is C23H37N3O3S. The van der Waals surface area contributed by atoms with E-state index in [1.165, 1.54) is 7.05 Å². The van der Waals surface area contributed by atoms with Crippen LogP contribution in [0.2, 0.25) is 0 Å². The Bertz CT molecular complexity index is 842. The van der Waals surface area contributed by atoms with Gasteiger partial charge in [-0.25, -0.2) is 13.1 Å². The van der Waals surface area contributed by atoms with Crippen LogP contribution in [0.15, 0.2) is 35.2 Å². The van der Waals surface area contributed by atoms with Crippen molar-refractivity contribution in [3.8, 4) is 0 Å². The minimum atomic E-state index is -3.46. The van der Waals surface area contributed by atoms with Crippen molar-refractivity contribution >= 4 is 22.0 Å². The SMILES string of the molecule is CCCCN(C(=O)/C=C/c1ccc(S(=O)(=O)NC)cc1)C1CC(C)(C)NC(C)(C)C1. The Morgan fingerprint density at radius 1 is 1.17 bits per heavy atom. The molecule has 0 radical (unpaired) electrons. The Kier molecular flexibility index (Phi) is 7.88. The number of carbonyl (C=O) groups is 1. The predicted octanol–water partition coefficient (Wildman–Crippen LogP) is 3.55. The zero-order valence-electron chi connectivity index (χ0n) is 19.2. The number of amides is 1. The smallest absolute Gasteiger partial charge is 0.246 e. The summed E-state index contributed by atoms with van der Waals surface area (Å²) in [6.45, 7) is 11.7. The lowest BCUT2D eigenvalue weighted by Gasteiger charge is -2.49. The first-order valence-electron chi connectivity index (χ1n) is 10.7. The number of sulfonamides is 1. The van der Waals surface area contributed by atoms with Crippen LogP contribution in [-0.4, -0.2) is 49.9 Å². The maximum atomic E-state index is 13.1. The van der Waals surface area contributed by atoms with Gasteiger partial charge in [0, 0.05) is 29.7 Å². The molecule has 6 nitrogen and oxygen atoms in total. The summed E-state index contributed by atoms with van der Waals surface area (Å²) < 4.78 is 26.0. The van der Waals surface area contributed by atoms with E-state index < -0.39 is 10.0 Å². The van der Waals surface area contributed by atoms with Crippen molar-refractivity contribution in [3.63, 3.8) is 0 Å². The fourth-order valence-corrected chi connectivity index (χ4v) is 5.16. The van der Waals surface area contributed by atoms with Gasteiger partial charge in [0.15, 0.2) is 0 Å². The molecule has 1 heterocycles. The monoisotopic (exact) mass is 435 g/mol. The lowest BCUT2D eigenvalue weighted by atomic mass is 9.79. The second-order valence-corrected chi connectivity index (χ2v) is 11.3. The zero-order chi connectivity index (χ0) is 22.6. The highest BCUT2D eigenvalue weighted by atomic mass is 32.2. The van der Waals surface area contributed by atoms with Gasteiger partial charge in [-0.1, -0.05) is 25.5 Å². The second-order valence-electron chi connectivity index (χ2n) is 9.45. The Balaban J connectivity index is 2.19. The van der Waals surface area contributed by atoms with Crippen molar-refractivity contribution in [2.45, 2.75) is 82.3 Å². The van der Waals surface area contributed by atoms with Gasteiger partial charge >= 0.3 is 0 Å². The molecule has 1 amide bonds. The summed E-state index contributed by atoms with van der Waals surface area (Å²) in [5, 5.41) is 3.68. The van der Waals surface area contributed by atoms with Gasteiger partial charge in [0.25, 0.3) is 0 Å². The highest BCUT2D eigenvalue weighted by molar-refractivity contribution is 7.89. The number of nitrogens with zero attached hydrogens (tertiary/aromatic N) is 1. The summed E-state index contributed by atoms with van der Waals surface area (Å²) in [7, 11) is -2.08. The molecule has 0 saturated carbocycles. The molecule has 2 N–H and O–H groups in total. The van der Waals surface area contributed by atoms with Crippen LogP contribution in [0.4, 0.5) is 0 Å². The number of nitrogens with one attached hydrogen (secondary N) is 2.